The predicted molar refractivity (Wildman–Crippen MR) is 177 cm³/mol. The number of aliphatic hydroxyl groups is 1. The van der Waals surface area contributed by atoms with Crippen molar-refractivity contribution >= 4 is 46.3 Å². The number of aromatic nitrogens is 3. The summed E-state index contributed by atoms with van der Waals surface area (Å²) in [5.74, 6) is 2.26. The van der Waals surface area contributed by atoms with Crippen LogP contribution in [0.2, 0.25) is 30.7 Å². The van der Waals surface area contributed by atoms with Crippen LogP contribution in [0.4, 0.5) is 5.69 Å². The van der Waals surface area contributed by atoms with Gasteiger partial charge >= 0.3 is 6.01 Å². The molecule has 14 heteroatoms. The second kappa shape index (κ2) is 12.1. The van der Waals surface area contributed by atoms with Gasteiger partial charge in [-0.2, -0.15) is 4.98 Å². The molecule has 2 aromatic heterocycles. The highest BCUT2D eigenvalue weighted by atomic mass is 35.5. The number of hydrogen-bond donors (Lipinski definition) is 1. The zero-order chi connectivity index (χ0) is 31.5. The average Bonchev–Trinajstić information content (AvgIpc) is 3.79. The minimum atomic E-state index is -2.02. The Balaban J connectivity index is 1.14. The number of ether oxygens (including phenoxy) is 4. The van der Waals surface area contributed by atoms with Gasteiger partial charge in [-0.1, -0.05) is 43.4 Å². The van der Waals surface area contributed by atoms with E-state index in [-0.39, 0.29) is 19.4 Å². The molecule has 11 nitrogen and oxygen atoms in total. The third kappa shape index (κ3) is 6.24. The Morgan fingerprint density at radius 3 is 2.49 bits per heavy atom. The Morgan fingerprint density at radius 1 is 1.09 bits per heavy atom. The molecular formula is C31H42ClN5O6SSi. The lowest BCUT2D eigenvalue weighted by Gasteiger charge is -2.20. The van der Waals surface area contributed by atoms with E-state index in [1.165, 1.54) is 0 Å². The normalized spacial score (nSPS) is 31.1. The van der Waals surface area contributed by atoms with Crippen LogP contribution in [0, 0.1) is 11.8 Å². The molecule has 0 aliphatic carbocycles. The first-order valence-electron chi connectivity index (χ1n) is 15.7. The first kappa shape index (κ1) is 31.3. The van der Waals surface area contributed by atoms with Crippen molar-refractivity contribution in [3.8, 4) is 17.3 Å². The molecule has 6 heterocycles. The topological polar surface area (TPSA) is 121 Å². The zero-order valence-corrected chi connectivity index (χ0v) is 28.8. The highest BCUT2D eigenvalue weighted by Gasteiger charge is 2.49. The van der Waals surface area contributed by atoms with Crippen LogP contribution in [-0.4, -0.2) is 108 Å². The number of benzene rings is 1. The maximum Gasteiger partial charge on any atom is 0.301 e. The van der Waals surface area contributed by atoms with Gasteiger partial charge in [0.2, 0.25) is 0 Å². The van der Waals surface area contributed by atoms with Crippen LogP contribution in [-0.2, 0) is 30.7 Å². The van der Waals surface area contributed by atoms with Gasteiger partial charge in [-0.05, 0) is 36.1 Å². The van der Waals surface area contributed by atoms with Crippen LogP contribution in [0.15, 0.2) is 34.7 Å². The number of rotatable bonds is 9. The molecule has 0 spiro atoms. The molecule has 0 radical (unpaired) electrons. The molecule has 244 valence electrons. The van der Waals surface area contributed by atoms with Gasteiger partial charge in [-0.25, -0.2) is 13.6 Å². The fraction of sp³-hybridized carbons (Fsp3) is 0.613. The van der Waals surface area contributed by atoms with E-state index in [1.54, 1.807) is 7.05 Å². The van der Waals surface area contributed by atoms with E-state index in [0.29, 0.717) is 64.4 Å². The number of aliphatic hydroxyl groups excluding tert-OH is 1. The second-order valence-corrected chi connectivity index (χ2v) is 22.5. The predicted octanol–water partition coefficient (Wildman–Crippen LogP) is 4.13. The number of halogens is 1. The van der Waals surface area contributed by atoms with Crippen LogP contribution in [0.3, 0.4) is 0 Å². The van der Waals surface area contributed by atoms with Gasteiger partial charge < -0.3 is 29.0 Å². The number of hydrogen-bond acceptors (Lipinski definition) is 10. The summed E-state index contributed by atoms with van der Waals surface area (Å²) in [5.41, 5.74) is 3.90. The third-order valence-electron chi connectivity index (χ3n) is 9.46. The van der Waals surface area contributed by atoms with Gasteiger partial charge in [0.25, 0.3) is 0 Å². The number of nitrogens with zero attached hydrogens (tertiary/aromatic N) is 5. The molecule has 45 heavy (non-hydrogen) atoms. The Bertz CT molecular complexity index is 1670. The molecule has 2 unspecified atom stereocenters. The minimum Gasteiger partial charge on any atom is -0.456 e. The van der Waals surface area contributed by atoms with Crippen molar-refractivity contribution in [2.24, 2.45) is 16.2 Å². The van der Waals surface area contributed by atoms with E-state index in [2.05, 4.69) is 53.2 Å². The molecule has 1 N–H and O–H groups in total. The summed E-state index contributed by atoms with van der Waals surface area (Å²) in [7, 11) is -1.61. The quantitative estimate of drug-likeness (QED) is 0.264. The molecule has 1 aromatic carbocycles. The summed E-state index contributed by atoms with van der Waals surface area (Å²) in [6, 6.07) is 11.5. The molecule has 6 atom stereocenters. The van der Waals surface area contributed by atoms with Crippen molar-refractivity contribution in [1.82, 2.24) is 14.5 Å². The largest absolute Gasteiger partial charge is 0.456 e. The summed E-state index contributed by atoms with van der Waals surface area (Å²) in [6.45, 7) is 10.1. The Hall–Kier alpha value is -2.26. The number of fused-ring (bicyclic) bond motifs is 3. The summed E-state index contributed by atoms with van der Waals surface area (Å²) in [4.78, 5) is 12.1. The van der Waals surface area contributed by atoms with Gasteiger partial charge in [0.15, 0.2) is 11.8 Å². The summed E-state index contributed by atoms with van der Waals surface area (Å²) >= 11 is 6.81. The Kier molecular flexibility index (Phi) is 8.41. The third-order valence-corrected chi connectivity index (χ3v) is 14.0. The smallest absolute Gasteiger partial charge is 0.301 e. The molecule has 4 aliphatic rings. The van der Waals surface area contributed by atoms with Crippen molar-refractivity contribution < 1.29 is 28.3 Å². The Labute approximate surface area is 270 Å². The minimum absolute atomic E-state index is 0.223. The second-order valence-electron chi connectivity index (χ2n) is 13.9. The van der Waals surface area contributed by atoms with Gasteiger partial charge in [0.1, 0.15) is 30.6 Å². The first-order valence-corrected chi connectivity index (χ1v) is 21.6. The highest BCUT2D eigenvalue weighted by Crippen LogP contribution is 2.38. The van der Waals surface area contributed by atoms with E-state index < -0.39 is 36.1 Å². The molecule has 0 saturated carbocycles. The standard InChI is InChI=1S/C31H42ClN5O6SSi/c1-33-44(39)16-20-12-36(13-21(20)17-44)22-7-5-19(6-8-22)27-23(32)11-24-30(35-27)37(18-40-9-10-45(2,3)4)31(34-24)43-26-15-42-28-25(38)14-41-29(26)28/h5-8,11,20-21,25-26,28-29,38H,9-10,12-18H2,1-4H3/t20?,21?,25-,26-,28-,29-,44?/m1/s1. The number of pyridine rings is 1. The molecule has 4 saturated heterocycles. The van der Waals surface area contributed by atoms with Crippen molar-refractivity contribution in [2.75, 3.05) is 56.4 Å². The lowest BCUT2D eigenvalue weighted by atomic mass is 10.0. The monoisotopic (exact) mass is 675 g/mol. The molecule has 4 fully saturated rings. The van der Waals surface area contributed by atoms with Crippen LogP contribution in [0.5, 0.6) is 6.01 Å². The van der Waals surface area contributed by atoms with Crippen molar-refractivity contribution in [3.05, 3.63) is 35.4 Å². The lowest BCUT2D eigenvalue weighted by molar-refractivity contribution is 0.00336. The molecule has 4 aliphatic heterocycles. The van der Waals surface area contributed by atoms with Crippen LogP contribution in [0.1, 0.15) is 0 Å². The molecular weight excluding hydrogens is 634 g/mol. The fourth-order valence-electron chi connectivity index (χ4n) is 6.87. The Morgan fingerprint density at radius 2 is 1.80 bits per heavy atom. The highest BCUT2D eigenvalue weighted by molar-refractivity contribution is 7.93. The van der Waals surface area contributed by atoms with Gasteiger partial charge in [0, 0.05) is 67.3 Å². The van der Waals surface area contributed by atoms with E-state index in [9.17, 15) is 9.32 Å². The lowest BCUT2D eigenvalue weighted by Crippen LogP contribution is -2.35. The first-order chi connectivity index (χ1) is 21.5. The van der Waals surface area contributed by atoms with Crippen molar-refractivity contribution in [1.29, 1.82) is 0 Å². The van der Waals surface area contributed by atoms with E-state index in [0.717, 1.165) is 30.4 Å². The maximum atomic E-state index is 12.8. The summed E-state index contributed by atoms with van der Waals surface area (Å²) < 4.78 is 42.9. The van der Waals surface area contributed by atoms with Crippen LogP contribution >= 0.6 is 11.6 Å². The summed E-state index contributed by atoms with van der Waals surface area (Å²) in [5, 5.41) is 10.7. The average molecular weight is 676 g/mol. The van der Waals surface area contributed by atoms with E-state index in [1.807, 2.05) is 10.6 Å². The van der Waals surface area contributed by atoms with E-state index >= 15 is 0 Å². The van der Waals surface area contributed by atoms with Crippen LogP contribution < -0.4 is 9.64 Å². The van der Waals surface area contributed by atoms with Crippen molar-refractivity contribution in [2.45, 2.75) is 56.8 Å². The molecule has 0 bridgehead atoms. The van der Waals surface area contributed by atoms with Crippen molar-refractivity contribution in [3.63, 3.8) is 0 Å². The number of imidazole rings is 1. The maximum absolute atomic E-state index is 12.8. The number of anilines is 1. The fourth-order valence-corrected chi connectivity index (χ4v) is 10.4. The van der Waals surface area contributed by atoms with E-state index in [4.69, 9.17) is 40.5 Å². The molecule has 3 aromatic rings. The van der Waals surface area contributed by atoms with Gasteiger partial charge in [0.05, 0.1) is 23.9 Å². The molecule has 0 amide bonds. The SMILES string of the molecule is CN=S1(=O)CC2CN(c3ccc(-c4nc5c(cc4Cl)nc(O[C@@H]4CO[C@H]6[C@@H]4OC[C@H]6O)n5COCC[Si](C)(C)C)cc3)CC2C1. The molecule has 7 rings (SSSR count). The van der Waals surface area contributed by atoms with Crippen LogP contribution in [0.25, 0.3) is 22.4 Å². The van der Waals surface area contributed by atoms with Gasteiger partial charge in [-0.15, -0.1) is 0 Å². The summed E-state index contributed by atoms with van der Waals surface area (Å²) in [6.07, 6.45) is -1.86. The van der Waals surface area contributed by atoms with Gasteiger partial charge in [-0.3, -0.25) is 4.57 Å². The zero-order valence-electron chi connectivity index (χ0n) is 26.2.